The number of carbonyl (C=O) groups is 1. The Labute approximate surface area is 170 Å². The molecule has 0 fully saturated rings. The molecule has 2 aromatic carbocycles. The Morgan fingerprint density at radius 3 is 2.77 bits per heavy atom. The van der Waals surface area contributed by atoms with E-state index in [0.717, 1.165) is 10.9 Å². The van der Waals surface area contributed by atoms with Crippen molar-refractivity contribution in [3.8, 4) is 5.75 Å². The summed E-state index contributed by atoms with van der Waals surface area (Å²) in [6, 6.07) is 13.3. The molecule has 2 heterocycles. The van der Waals surface area contributed by atoms with E-state index in [1.807, 2.05) is 6.92 Å². The van der Waals surface area contributed by atoms with Crippen LogP contribution in [0, 0.1) is 6.92 Å². The number of esters is 1. The van der Waals surface area contributed by atoms with Gasteiger partial charge in [0.1, 0.15) is 11.3 Å². The molecular weight excluding hydrogens is 388 g/mol. The van der Waals surface area contributed by atoms with Crippen molar-refractivity contribution in [2.24, 2.45) is 0 Å². The number of aromatic nitrogens is 2. The van der Waals surface area contributed by atoms with E-state index in [4.69, 9.17) is 13.9 Å². The molecule has 1 N–H and O–H groups in total. The summed E-state index contributed by atoms with van der Waals surface area (Å²) in [6.45, 7) is 3.06. The molecule has 0 radical (unpaired) electrons. The molecule has 4 aromatic rings. The van der Waals surface area contributed by atoms with Gasteiger partial charge in [-0.15, -0.1) is 0 Å². The number of hydrogen-bond donors (Lipinski definition) is 1. The number of para-hydroxylation sites is 1. The van der Waals surface area contributed by atoms with Gasteiger partial charge in [-0.05, 0) is 43.7 Å². The number of aromatic amines is 1. The number of nitrogens with one attached hydrogen (secondary N) is 1. The first-order valence-electron chi connectivity index (χ1n) is 9.26. The van der Waals surface area contributed by atoms with Gasteiger partial charge in [0, 0.05) is 17.5 Å². The van der Waals surface area contributed by atoms with Crippen LogP contribution in [0.4, 0.5) is 0 Å². The number of hydrogen-bond acceptors (Lipinski definition) is 7. The molecule has 8 heteroatoms. The molecule has 1 atom stereocenters. The van der Waals surface area contributed by atoms with Gasteiger partial charge < -0.3 is 18.9 Å². The van der Waals surface area contributed by atoms with E-state index >= 15 is 0 Å². The van der Waals surface area contributed by atoms with Gasteiger partial charge in [0.15, 0.2) is 18.5 Å². The van der Waals surface area contributed by atoms with Crippen molar-refractivity contribution in [2.45, 2.75) is 20.0 Å². The quantitative estimate of drug-likeness (QED) is 0.400. The highest BCUT2D eigenvalue weighted by Crippen LogP contribution is 2.22. The van der Waals surface area contributed by atoms with Crippen LogP contribution in [0.3, 0.4) is 0 Å². The van der Waals surface area contributed by atoms with E-state index in [2.05, 4.69) is 9.97 Å². The van der Waals surface area contributed by atoms with E-state index in [9.17, 15) is 14.4 Å². The summed E-state index contributed by atoms with van der Waals surface area (Å²) in [7, 11) is 0. The maximum Gasteiger partial charge on any atom is 0.344 e. The Kier molecular flexibility index (Phi) is 5.05. The average molecular weight is 406 g/mol. The minimum absolute atomic E-state index is 0.245. The molecule has 0 unspecified atom stereocenters. The van der Waals surface area contributed by atoms with Gasteiger partial charge >= 0.3 is 11.6 Å². The highest BCUT2D eigenvalue weighted by Gasteiger charge is 2.16. The summed E-state index contributed by atoms with van der Waals surface area (Å²) in [6.07, 6.45) is -0.768. The summed E-state index contributed by atoms with van der Waals surface area (Å²) in [5.41, 5.74) is 0.920. The Morgan fingerprint density at radius 1 is 1.13 bits per heavy atom. The first kappa shape index (κ1) is 19.4. The summed E-state index contributed by atoms with van der Waals surface area (Å²) in [4.78, 5) is 42.8. The number of aryl methyl sites for hydroxylation is 1. The predicted molar refractivity (Wildman–Crippen MR) is 110 cm³/mol. The van der Waals surface area contributed by atoms with E-state index in [0.29, 0.717) is 22.2 Å². The van der Waals surface area contributed by atoms with Crippen LogP contribution in [-0.4, -0.2) is 22.5 Å². The Hall–Kier alpha value is -3.94. The standard InChI is InChI=1S/C22H18N2O6/c1-12-9-19(25)30-18-10-14(7-8-15(12)18)28-11-20(26)29-13(2)21-23-17-6-4-3-5-16(17)22(27)24-21/h3-10,13H,11H2,1-2H3,(H,23,24,27)/t13-/m1/s1. The number of nitrogens with zero attached hydrogens (tertiary/aromatic N) is 1. The van der Waals surface area contributed by atoms with Crippen LogP contribution in [-0.2, 0) is 9.53 Å². The second kappa shape index (κ2) is 7.82. The molecule has 8 nitrogen and oxygen atoms in total. The summed E-state index contributed by atoms with van der Waals surface area (Å²) in [5.74, 6) is -0.0304. The lowest BCUT2D eigenvalue weighted by molar-refractivity contribution is -0.151. The van der Waals surface area contributed by atoms with Crippen molar-refractivity contribution in [1.82, 2.24) is 9.97 Å². The second-order valence-electron chi connectivity index (χ2n) is 6.80. The molecule has 0 bridgehead atoms. The second-order valence-corrected chi connectivity index (χ2v) is 6.80. The van der Waals surface area contributed by atoms with E-state index < -0.39 is 17.7 Å². The van der Waals surface area contributed by atoms with Gasteiger partial charge in [0.05, 0.1) is 10.9 Å². The smallest absolute Gasteiger partial charge is 0.344 e. The lowest BCUT2D eigenvalue weighted by Crippen LogP contribution is -2.20. The van der Waals surface area contributed by atoms with Crippen LogP contribution < -0.4 is 15.9 Å². The van der Waals surface area contributed by atoms with Crippen LogP contribution in [0.2, 0.25) is 0 Å². The molecule has 0 aliphatic rings. The van der Waals surface area contributed by atoms with Crippen LogP contribution in [0.25, 0.3) is 21.9 Å². The zero-order chi connectivity index (χ0) is 21.3. The van der Waals surface area contributed by atoms with Crippen LogP contribution in [0.15, 0.2) is 62.5 Å². The predicted octanol–water partition coefficient (Wildman–Crippen LogP) is 3.02. The minimum atomic E-state index is -0.768. The fourth-order valence-corrected chi connectivity index (χ4v) is 3.12. The largest absolute Gasteiger partial charge is 0.482 e. The van der Waals surface area contributed by atoms with E-state index in [1.54, 1.807) is 49.4 Å². The van der Waals surface area contributed by atoms with Crippen LogP contribution >= 0.6 is 0 Å². The number of carbonyl (C=O) groups excluding carboxylic acids is 1. The number of fused-ring (bicyclic) bond motifs is 2. The summed E-state index contributed by atoms with van der Waals surface area (Å²) >= 11 is 0. The summed E-state index contributed by atoms with van der Waals surface area (Å²) < 4.78 is 15.9. The Bertz CT molecular complexity index is 1370. The molecule has 0 spiro atoms. The van der Waals surface area contributed by atoms with Crippen molar-refractivity contribution < 1.29 is 18.7 Å². The molecule has 0 saturated carbocycles. The zero-order valence-electron chi connectivity index (χ0n) is 16.3. The van der Waals surface area contributed by atoms with Crippen molar-refractivity contribution in [3.05, 3.63) is 80.7 Å². The van der Waals surface area contributed by atoms with E-state index in [-0.39, 0.29) is 18.0 Å². The van der Waals surface area contributed by atoms with Crippen molar-refractivity contribution in [1.29, 1.82) is 0 Å². The van der Waals surface area contributed by atoms with Gasteiger partial charge in [-0.2, -0.15) is 0 Å². The molecule has 2 aromatic heterocycles. The number of ether oxygens (including phenoxy) is 2. The number of rotatable bonds is 5. The summed E-state index contributed by atoms with van der Waals surface area (Å²) in [5, 5.41) is 1.24. The Balaban J connectivity index is 1.44. The Morgan fingerprint density at radius 2 is 1.93 bits per heavy atom. The van der Waals surface area contributed by atoms with Crippen molar-refractivity contribution >= 4 is 27.8 Å². The van der Waals surface area contributed by atoms with Gasteiger partial charge in [-0.3, -0.25) is 4.79 Å². The fraction of sp³-hybridized carbons (Fsp3) is 0.182. The van der Waals surface area contributed by atoms with Gasteiger partial charge in [-0.25, -0.2) is 14.6 Å². The molecule has 0 amide bonds. The maximum atomic E-state index is 12.2. The SMILES string of the molecule is Cc1cc(=O)oc2cc(OCC(=O)O[C@H](C)c3nc4ccccc4c(=O)[nH]3)ccc12. The minimum Gasteiger partial charge on any atom is -0.482 e. The van der Waals surface area contributed by atoms with Crippen LogP contribution in [0.5, 0.6) is 5.75 Å². The molecule has 152 valence electrons. The number of H-pyrrole nitrogens is 1. The topological polar surface area (TPSA) is 111 Å². The normalized spacial score (nSPS) is 12.1. The molecule has 30 heavy (non-hydrogen) atoms. The maximum absolute atomic E-state index is 12.2. The highest BCUT2D eigenvalue weighted by molar-refractivity contribution is 5.81. The third-order valence-electron chi connectivity index (χ3n) is 4.60. The first-order chi connectivity index (χ1) is 14.4. The third kappa shape index (κ3) is 3.93. The van der Waals surface area contributed by atoms with Gasteiger partial charge in [0.25, 0.3) is 5.56 Å². The lowest BCUT2D eigenvalue weighted by atomic mass is 10.1. The monoisotopic (exact) mass is 406 g/mol. The molecule has 4 rings (SSSR count). The van der Waals surface area contributed by atoms with Crippen molar-refractivity contribution in [2.75, 3.05) is 6.61 Å². The van der Waals surface area contributed by atoms with Gasteiger partial charge in [-0.1, -0.05) is 12.1 Å². The molecule has 0 aliphatic carbocycles. The molecular formula is C22H18N2O6. The number of benzene rings is 2. The van der Waals surface area contributed by atoms with Crippen LogP contribution in [0.1, 0.15) is 24.4 Å². The first-order valence-corrected chi connectivity index (χ1v) is 9.26. The zero-order valence-corrected chi connectivity index (χ0v) is 16.3. The third-order valence-corrected chi connectivity index (χ3v) is 4.60. The fourth-order valence-electron chi connectivity index (χ4n) is 3.12. The van der Waals surface area contributed by atoms with Gasteiger partial charge in [0.2, 0.25) is 0 Å². The lowest BCUT2D eigenvalue weighted by Gasteiger charge is -2.13. The molecule has 0 saturated heterocycles. The van der Waals surface area contributed by atoms with E-state index in [1.165, 1.54) is 6.07 Å². The van der Waals surface area contributed by atoms with Crippen molar-refractivity contribution in [3.63, 3.8) is 0 Å². The highest BCUT2D eigenvalue weighted by atomic mass is 16.6. The average Bonchev–Trinajstić information content (AvgIpc) is 2.71. The molecule has 0 aliphatic heterocycles.